The second-order valence-electron chi connectivity index (χ2n) is 5.62. The van der Waals surface area contributed by atoms with Crippen LogP contribution in [0.15, 0.2) is 60.7 Å². The molecule has 0 radical (unpaired) electrons. The zero-order chi connectivity index (χ0) is 19.2. The van der Waals surface area contributed by atoms with Gasteiger partial charge < -0.3 is 9.46 Å². The molecule has 3 aromatic rings. The quantitative estimate of drug-likeness (QED) is 0.351. The van der Waals surface area contributed by atoms with E-state index < -0.39 is 11.6 Å². The van der Waals surface area contributed by atoms with Crippen molar-refractivity contribution in [3.8, 4) is 5.75 Å². The fourth-order valence-electron chi connectivity index (χ4n) is 2.32. The molecule has 0 amide bonds. The number of halogens is 4. The van der Waals surface area contributed by atoms with Crippen LogP contribution in [-0.2, 0) is 12.4 Å². The molecule has 0 fully saturated rings. The number of anilines is 1. The maximum absolute atomic E-state index is 14.3. The fraction of sp³-hybridized carbons (Fsp3) is 0.100. The van der Waals surface area contributed by atoms with Crippen molar-refractivity contribution in [3.05, 3.63) is 94.3 Å². The summed E-state index contributed by atoms with van der Waals surface area (Å²) in [5, 5.41) is -0.0566. The molecule has 0 spiro atoms. The van der Waals surface area contributed by atoms with E-state index in [2.05, 4.69) is 4.72 Å². The zero-order valence-corrected chi connectivity index (χ0v) is 15.6. The van der Waals surface area contributed by atoms with Gasteiger partial charge in [-0.05, 0) is 35.2 Å². The molecule has 0 unspecified atom stereocenters. The van der Waals surface area contributed by atoms with Gasteiger partial charge in [-0.3, -0.25) is 0 Å². The Labute approximate surface area is 164 Å². The standard InChI is InChI=1S/C20H15ClF3NOS/c21-15-10-17(25-27-12-14-8-4-5-9-16(14)22)18(23)19(24)20(15)26-11-13-6-2-1-3-7-13/h1-10,25H,11-12H2. The molecule has 0 aliphatic heterocycles. The van der Waals surface area contributed by atoms with E-state index in [-0.39, 0.29) is 34.6 Å². The molecule has 0 heterocycles. The summed E-state index contributed by atoms with van der Waals surface area (Å²) in [5.74, 6) is -2.75. The third-order valence-corrected chi connectivity index (χ3v) is 4.81. The van der Waals surface area contributed by atoms with Crippen LogP contribution in [-0.4, -0.2) is 0 Å². The summed E-state index contributed by atoms with van der Waals surface area (Å²) in [6.07, 6.45) is 0. The lowest BCUT2D eigenvalue weighted by atomic mass is 10.2. The summed E-state index contributed by atoms with van der Waals surface area (Å²) in [5.41, 5.74) is 1.12. The van der Waals surface area contributed by atoms with Gasteiger partial charge in [-0.25, -0.2) is 8.78 Å². The number of benzene rings is 3. The van der Waals surface area contributed by atoms with Crippen LogP contribution in [0, 0.1) is 17.5 Å². The Hall–Kier alpha value is -2.31. The Balaban J connectivity index is 1.68. The molecule has 0 aromatic heterocycles. The molecule has 140 valence electrons. The first-order valence-corrected chi connectivity index (χ1v) is 9.38. The SMILES string of the molecule is Fc1ccccc1CSNc1cc(Cl)c(OCc2ccccc2)c(F)c1F. The Morgan fingerprint density at radius 1 is 0.926 bits per heavy atom. The van der Waals surface area contributed by atoms with Gasteiger partial charge in [-0.2, -0.15) is 4.39 Å². The van der Waals surface area contributed by atoms with Crippen LogP contribution in [0.2, 0.25) is 5.02 Å². The van der Waals surface area contributed by atoms with E-state index in [1.807, 2.05) is 18.2 Å². The van der Waals surface area contributed by atoms with E-state index in [0.717, 1.165) is 17.5 Å². The number of nitrogens with one attached hydrogen (secondary N) is 1. The van der Waals surface area contributed by atoms with Crippen molar-refractivity contribution in [1.82, 2.24) is 0 Å². The average Bonchev–Trinajstić information content (AvgIpc) is 2.68. The molecule has 2 nitrogen and oxygen atoms in total. The van der Waals surface area contributed by atoms with Gasteiger partial charge in [0.1, 0.15) is 12.4 Å². The Morgan fingerprint density at radius 2 is 1.63 bits per heavy atom. The molecule has 0 aliphatic carbocycles. The van der Waals surface area contributed by atoms with Gasteiger partial charge in [0.15, 0.2) is 11.6 Å². The molecular formula is C20H15ClF3NOS. The normalized spacial score (nSPS) is 10.7. The van der Waals surface area contributed by atoms with E-state index in [1.54, 1.807) is 30.3 Å². The van der Waals surface area contributed by atoms with E-state index >= 15 is 0 Å². The lowest BCUT2D eigenvalue weighted by Crippen LogP contribution is -2.02. The van der Waals surface area contributed by atoms with Crippen molar-refractivity contribution in [2.45, 2.75) is 12.4 Å². The predicted octanol–water partition coefficient (Wildman–Crippen LogP) is 6.60. The van der Waals surface area contributed by atoms with E-state index in [9.17, 15) is 13.2 Å². The number of ether oxygens (including phenoxy) is 1. The summed E-state index contributed by atoms with van der Waals surface area (Å²) in [4.78, 5) is 0. The Bertz CT molecular complexity index is 925. The summed E-state index contributed by atoms with van der Waals surface area (Å²) in [7, 11) is 0. The van der Waals surface area contributed by atoms with E-state index in [1.165, 1.54) is 12.1 Å². The van der Waals surface area contributed by atoms with Gasteiger partial charge in [-0.1, -0.05) is 60.1 Å². The number of hydrogen-bond donors (Lipinski definition) is 1. The van der Waals surface area contributed by atoms with E-state index in [4.69, 9.17) is 16.3 Å². The van der Waals surface area contributed by atoms with Crippen LogP contribution < -0.4 is 9.46 Å². The minimum absolute atomic E-state index is 0.0566. The molecule has 1 N–H and O–H groups in total. The van der Waals surface area contributed by atoms with Gasteiger partial charge >= 0.3 is 0 Å². The molecule has 3 rings (SSSR count). The maximum Gasteiger partial charge on any atom is 0.204 e. The fourth-order valence-corrected chi connectivity index (χ4v) is 3.33. The smallest absolute Gasteiger partial charge is 0.204 e. The first-order chi connectivity index (χ1) is 13.1. The highest BCUT2D eigenvalue weighted by Gasteiger charge is 2.19. The van der Waals surface area contributed by atoms with Crippen LogP contribution in [0.5, 0.6) is 5.75 Å². The topological polar surface area (TPSA) is 21.3 Å². The summed E-state index contributed by atoms with van der Waals surface area (Å²) in [6, 6.07) is 16.6. The van der Waals surface area contributed by atoms with Gasteiger partial charge in [0.2, 0.25) is 5.82 Å². The third-order valence-electron chi connectivity index (χ3n) is 3.71. The molecule has 0 saturated heterocycles. The summed E-state index contributed by atoms with van der Waals surface area (Å²) in [6.45, 7) is 0.0612. The third kappa shape index (κ3) is 4.90. The minimum atomic E-state index is -1.17. The highest BCUT2D eigenvalue weighted by Crippen LogP contribution is 2.36. The Kier molecular flexibility index (Phi) is 6.53. The largest absolute Gasteiger partial charge is 0.484 e. The van der Waals surface area contributed by atoms with Crippen LogP contribution in [0.1, 0.15) is 11.1 Å². The molecule has 0 atom stereocenters. The zero-order valence-electron chi connectivity index (χ0n) is 14.0. The summed E-state index contributed by atoms with van der Waals surface area (Å²) >= 11 is 7.08. The lowest BCUT2D eigenvalue weighted by Gasteiger charge is -2.13. The van der Waals surface area contributed by atoms with Crippen molar-refractivity contribution in [1.29, 1.82) is 0 Å². The summed E-state index contributed by atoms with van der Waals surface area (Å²) < 4.78 is 50.3. The average molecular weight is 410 g/mol. The second kappa shape index (κ2) is 9.06. The number of rotatable bonds is 7. The van der Waals surface area contributed by atoms with Crippen LogP contribution in [0.25, 0.3) is 0 Å². The molecule has 0 aliphatic rings. The highest BCUT2D eigenvalue weighted by atomic mass is 35.5. The van der Waals surface area contributed by atoms with Crippen LogP contribution in [0.3, 0.4) is 0 Å². The maximum atomic E-state index is 14.3. The molecule has 0 bridgehead atoms. The van der Waals surface area contributed by atoms with Crippen molar-refractivity contribution in [2.75, 3.05) is 4.72 Å². The number of hydrogen-bond acceptors (Lipinski definition) is 3. The molecule has 27 heavy (non-hydrogen) atoms. The van der Waals surface area contributed by atoms with Gasteiger partial charge in [0, 0.05) is 5.75 Å². The van der Waals surface area contributed by atoms with Gasteiger partial charge in [-0.15, -0.1) is 0 Å². The van der Waals surface area contributed by atoms with Crippen molar-refractivity contribution in [2.24, 2.45) is 0 Å². The van der Waals surface area contributed by atoms with Crippen molar-refractivity contribution < 1.29 is 17.9 Å². The lowest BCUT2D eigenvalue weighted by molar-refractivity contribution is 0.285. The molecule has 7 heteroatoms. The van der Waals surface area contributed by atoms with Gasteiger partial charge in [0.25, 0.3) is 0 Å². The molecule has 0 saturated carbocycles. The van der Waals surface area contributed by atoms with Crippen LogP contribution in [0.4, 0.5) is 18.9 Å². The Morgan fingerprint density at radius 3 is 2.37 bits per heavy atom. The van der Waals surface area contributed by atoms with Crippen LogP contribution >= 0.6 is 23.5 Å². The molecule has 3 aromatic carbocycles. The monoisotopic (exact) mass is 409 g/mol. The minimum Gasteiger partial charge on any atom is -0.484 e. The van der Waals surface area contributed by atoms with E-state index in [0.29, 0.717) is 5.56 Å². The highest BCUT2D eigenvalue weighted by molar-refractivity contribution is 7.99. The first-order valence-electron chi connectivity index (χ1n) is 8.01. The molecular weight excluding hydrogens is 395 g/mol. The van der Waals surface area contributed by atoms with Crippen molar-refractivity contribution in [3.63, 3.8) is 0 Å². The van der Waals surface area contributed by atoms with Crippen molar-refractivity contribution >= 4 is 29.2 Å². The van der Waals surface area contributed by atoms with Gasteiger partial charge in [0.05, 0.1) is 10.7 Å². The first kappa shape index (κ1) is 19.5. The second-order valence-corrected chi connectivity index (χ2v) is 6.81. The predicted molar refractivity (Wildman–Crippen MR) is 103 cm³/mol.